The molecule has 4 rings (SSSR count). The molecule has 3 aromatic carbocycles. The van der Waals surface area contributed by atoms with Crippen LogP contribution < -0.4 is 34.4 Å². The Hall–Kier alpha value is -2.23. The van der Waals surface area contributed by atoms with Gasteiger partial charge in [-0.25, -0.2) is 0 Å². The summed E-state index contributed by atoms with van der Waals surface area (Å²) in [6.07, 6.45) is 0. The number of rotatable bonds is 5. The molecule has 0 aliphatic heterocycles. The van der Waals surface area contributed by atoms with Gasteiger partial charge in [0.25, 0.3) is 5.69 Å². The number of nitrogens with zero attached hydrogens (tertiary/aromatic N) is 5. The molecule has 0 aliphatic carbocycles. The van der Waals surface area contributed by atoms with E-state index in [-0.39, 0.29) is 46.6 Å². The predicted molar refractivity (Wildman–Crippen MR) is 114 cm³/mol. The van der Waals surface area contributed by atoms with Crippen molar-refractivity contribution in [3.8, 4) is 22.8 Å². The molecule has 1 heterocycles. The monoisotopic (exact) mass is 571 g/mol. The Morgan fingerprint density at radius 3 is 2.31 bits per heavy atom. The Morgan fingerprint density at radius 2 is 1.72 bits per heavy atom. The van der Waals surface area contributed by atoms with Crippen LogP contribution in [0.25, 0.3) is 22.8 Å². The number of halogens is 1. The maximum absolute atomic E-state index is 11.7. The molecule has 1 aromatic heterocycles. The fraction of sp³-hybridized carbons (Fsp3) is 0. The zero-order chi connectivity index (χ0) is 22.2. The Kier molecular flexibility index (Phi) is 7.42. The molecule has 0 radical (unpaired) electrons. The van der Waals surface area contributed by atoms with Crippen molar-refractivity contribution in [2.24, 2.45) is 0 Å². The van der Waals surface area contributed by atoms with E-state index >= 15 is 0 Å². The molecular weight excluding hydrogens is 560 g/mol. The van der Waals surface area contributed by atoms with Crippen LogP contribution in [0.5, 0.6) is 0 Å². The number of benzene rings is 3. The fourth-order valence-corrected chi connectivity index (χ4v) is 3.82. The van der Waals surface area contributed by atoms with Gasteiger partial charge < -0.3 is 4.55 Å². The maximum Gasteiger partial charge on any atom is 1.00 e. The van der Waals surface area contributed by atoms with Crippen molar-refractivity contribution in [2.45, 2.75) is 4.90 Å². The molecule has 13 heteroatoms. The third-order valence-corrected chi connectivity index (χ3v) is 5.84. The number of nitro benzene ring substituents is 1. The first-order valence-electron chi connectivity index (χ1n) is 8.61. The molecule has 0 fully saturated rings. The van der Waals surface area contributed by atoms with Crippen molar-refractivity contribution in [1.29, 1.82) is 0 Å². The largest absolute Gasteiger partial charge is 1.00 e. The Bertz CT molecular complexity index is 1390. The van der Waals surface area contributed by atoms with E-state index in [0.717, 1.165) is 9.64 Å². The predicted octanol–water partition coefficient (Wildman–Crippen LogP) is -0.568. The molecular formula is C19H11IN5NaO5S. The molecule has 0 bridgehead atoms. The summed E-state index contributed by atoms with van der Waals surface area (Å²) in [5.41, 5.74) is 0.973. The molecule has 0 aliphatic rings. The van der Waals surface area contributed by atoms with E-state index in [2.05, 4.69) is 38.9 Å². The van der Waals surface area contributed by atoms with Gasteiger partial charge in [0, 0.05) is 20.5 Å². The number of hydrogen-bond donors (Lipinski definition) is 0. The minimum atomic E-state index is -4.79. The van der Waals surface area contributed by atoms with Gasteiger partial charge in [-0.1, -0.05) is 0 Å². The van der Waals surface area contributed by atoms with Crippen molar-refractivity contribution < 1.29 is 52.2 Å². The first-order valence-corrected chi connectivity index (χ1v) is 11.1. The van der Waals surface area contributed by atoms with E-state index < -0.39 is 19.9 Å². The Balaban J connectivity index is 0.00000289. The van der Waals surface area contributed by atoms with Crippen molar-refractivity contribution in [3.63, 3.8) is 0 Å². The number of nitro groups is 1. The quantitative estimate of drug-likeness (QED) is 0.0596. The van der Waals surface area contributed by atoms with Crippen LogP contribution in [0, 0.1) is 19.8 Å². The number of tetrazole rings is 1. The second-order valence-electron chi connectivity index (χ2n) is 6.23. The van der Waals surface area contributed by atoms with Gasteiger partial charge in [0.15, 0.2) is 5.69 Å². The zero-order valence-corrected chi connectivity index (χ0v) is 21.4. The van der Waals surface area contributed by atoms with Crippen LogP contribution in [-0.4, -0.2) is 32.9 Å². The number of hydrogen-bond acceptors (Lipinski definition) is 7. The average Bonchev–Trinajstić information content (AvgIpc) is 3.19. The van der Waals surface area contributed by atoms with Crippen molar-refractivity contribution in [3.05, 3.63) is 86.5 Å². The fourth-order valence-electron chi connectivity index (χ4n) is 2.81. The maximum atomic E-state index is 11.7. The van der Waals surface area contributed by atoms with E-state index in [1.54, 1.807) is 12.1 Å². The van der Waals surface area contributed by atoms with Crippen molar-refractivity contribution in [2.75, 3.05) is 0 Å². The average molecular weight is 571 g/mol. The van der Waals surface area contributed by atoms with Gasteiger partial charge in [-0.15, -0.1) is 0 Å². The molecule has 10 nitrogen and oxygen atoms in total. The van der Waals surface area contributed by atoms with Crippen molar-refractivity contribution >= 4 is 38.4 Å². The zero-order valence-electron chi connectivity index (χ0n) is 16.4. The van der Waals surface area contributed by atoms with Crippen LogP contribution in [0.1, 0.15) is 0 Å². The minimum absolute atomic E-state index is 0. The SMILES string of the molecule is O=[N+]([O-])c1ccc(-[n+]2nc(-c3cc[c-]cc3S(=O)(=O)[O-])nn2-c2ccc(I)cc2)cc1.[Na+]. The summed E-state index contributed by atoms with van der Waals surface area (Å²) in [7, 11) is -4.79. The Labute approximate surface area is 218 Å². The van der Waals surface area contributed by atoms with Crippen LogP contribution in [0.2, 0.25) is 0 Å². The summed E-state index contributed by atoms with van der Waals surface area (Å²) in [4.78, 5) is 12.7. The van der Waals surface area contributed by atoms with Crippen LogP contribution in [0.4, 0.5) is 5.69 Å². The number of non-ortho nitro benzene ring substituents is 1. The molecule has 4 aromatic rings. The standard InChI is InChI=1S/C19H12IN5O5S.Na/c20-13-5-7-14(8-6-13)23-21-19(17-3-1-2-4-18(17)31(28,29)30)22-24(23)15-9-11-16(12-10-15)25(26)27;/h1,3-12H,(H,28,29,30);/q;+1/p-1. The van der Waals surface area contributed by atoms with Gasteiger partial charge >= 0.3 is 35.4 Å². The summed E-state index contributed by atoms with van der Waals surface area (Å²) >= 11 is 2.15. The summed E-state index contributed by atoms with van der Waals surface area (Å²) in [5, 5.41) is 19.7. The molecule has 32 heavy (non-hydrogen) atoms. The van der Waals surface area contributed by atoms with Crippen LogP contribution in [0.3, 0.4) is 0 Å². The third kappa shape index (κ3) is 5.05. The molecule has 0 atom stereocenters. The molecule has 0 saturated heterocycles. The normalized spacial score (nSPS) is 11.1. The second kappa shape index (κ2) is 9.72. The van der Waals surface area contributed by atoms with Crippen LogP contribution in [-0.2, 0) is 10.1 Å². The van der Waals surface area contributed by atoms with Gasteiger partial charge in [0.05, 0.1) is 20.1 Å². The van der Waals surface area contributed by atoms with Crippen LogP contribution in [0.15, 0.2) is 71.6 Å². The third-order valence-electron chi connectivity index (χ3n) is 4.24. The van der Waals surface area contributed by atoms with Gasteiger partial charge in [0.2, 0.25) is 0 Å². The molecule has 0 amide bonds. The van der Waals surface area contributed by atoms with Gasteiger partial charge in [-0.2, -0.15) is 24.3 Å². The van der Waals surface area contributed by atoms with E-state index in [4.69, 9.17) is 0 Å². The van der Waals surface area contributed by atoms with E-state index in [1.807, 2.05) is 12.1 Å². The summed E-state index contributed by atoms with van der Waals surface area (Å²) in [6, 6.07) is 19.4. The first kappa shape index (κ1) is 24.4. The molecule has 0 N–H and O–H groups in total. The number of aromatic nitrogens is 4. The van der Waals surface area contributed by atoms with Crippen molar-refractivity contribution in [1.82, 2.24) is 15.0 Å². The summed E-state index contributed by atoms with van der Waals surface area (Å²) in [6.45, 7) is 0. The second-order valence-corrected chi connectivity index (χ2v) is 8.82. The minimum Gasteiger partial charge on any atom is -0.754 e. The molecule has 156 valence electrons. The topological polar surface area (TPSA) is 135 Å². The van der Waals surface area contributed by atoms with Crippen LogP contribution >= 0.6 is 22.6 Å². The van der Waals surface area contributed by atoms with Gasteiger partial charge in [-0.05, 0) is 79.3 Å². The first-order chi connectivity index (χ1) is 14.7. The summed E-state index contributed by atoms with van der Waals surface area (Å²) < 4.78 is 36.1. The Morgan fingerprint density at radius 1 is 1.06 bits per heavy atom. The van der Waals surface area contributed by atoms with E-state index in [1.165, 1.54) is 46.0 Å². The van der Waals surface area contributed by atoms with Gasteiger partial charge in [0.1, 0.15) is 5.69 Å². The molecule has 0 saturated carbocycles. The molecule has 0 spiro atoms. The summed E-state index contributed by atoms with van der Waals surface area (Å²) in [5.74, 6) is -0.0136. The van der Waals surface area contributed by atoms with Gasteiger partial charge in [-0.3, -0.25) is 18.5 Å². The molecule has 0 unspecified atom stereocenters. The van der Waals surface area contributed by atoms with E-state index in [0.29, 0.717) is 11.4 Å². The smallest absolute Gasteiger partial charge is 0.754 e. The van der Waals surface area contributed by atoms with E-state index in [9.17, 15) is 23.1 Å².